The molecule has 0 aliphatic carbocycles. The van der Waals surface area contributed by atoms with Crippen LogP contribution >= 0.6 is 0 Å². The highest BCUT2D eigenvalue weighted by molar-refractivity contribution is 6.27. The van der Waals surface area contributed by atoms with Crippen molar-refractivity contribution in [2.75, 3.05) is 0 Å². The molecular weight excluding hydrogens is 617 g/mol. The van der Waals surface area contributed by atoms with Crippen LogP contribution in [-0.4, -0.2) is 0 Å². The molecule has 11 rings (SSSR count). The Kier molecular flexibility index (Phi) is 3.81. The highest BCUT2D eigenvalue weighted by atomic mass is 16.5. The number of ether oxygens (including phenoxy) is 1. The van der Waals surface area contributed by atoms with Crippen LogP contribution in [0.1, 0.15) is 19.2 Å². The fourth-order valence-electron chi connectivity index (χ4n) is 7.60. The molecule has 51 heavy (non-hydrogen) atoms. The first kappa shape index (κ1) is 17.8. The van der Waals surface area contributed by atoms with Gasteiger partial charge in [0, 0.05) is 10.9 Å². The standard InChI is InChI=1S/C50H30O/c1-3-8-32(9-4-1)38-23-18-35-21-26-44-39(24-19-36-20-25-43(38)48(35)49(36)44)34-16-14-31(15-17-34)37-22-28-46-45(30-37)42-13-7-12-41-40(33-10-5-2-6-11-33)27-29-47(51-46)50(41)42/h1-30H/i1D,2D,3D,4D,5D,6D,8D,9D,10D,11D,14D,15D,16D,17D. The van der Waals surface area contributed by atoms with E-state index in [1.165, 1.54) is 0 Å². The number of fused-ring (bicyclic) bond motifs is 2. The first-order valence-corrected chi connectivity index (χ1v) is 16.4. The molecule has 0 atom stereocenters. The summed E-state index contributed by atoms with van der Waals surface area (Å²) in [4.78, 5) is 0. The smallest absolute Gasteiger partial charge is 0.135 e. The van der Waals surface area contributed by atoms with Crippen LogP contribution < -0.4 is 4.74 Å². The van der Waals surface area contributed by atoms with E-state index in [-0.39, 0.29) is 70.6 Å². The third-order valence-corrected chi connectivity index (χ3v) is 9.88. The Hall–Kier alpha value is -6.70. The van der Waals surface area contributed by atoms with Gasteiger partial charge in [-0.05, 0) is 106 Å². The van der Waals surface area contributed by atoms with Crippen molar-refractivity contribution in [2.24, 2.45) is 0 Å². The SMILES string of the molecule is [2H]c1c([2H])c([2H])c(-c2ccc3c4c(cccc24)-c2cc(-c4c([2H])c([2H])c(-c5ccc6ccc7c(-c8c([2H])c([2H])c([2H])c([2H])c8[2H])ccc8ccc5c6c87)c([2H])c4[2H])ccc2O3)c([2H])c1[2H]. The van der Waals surface area contributed by atoms with Crippen molar-refractivity contribution in [3.05, 3.63) is 182 Å². The van der Waals surface area contributed by atoms with E-state index < -0.39 is 36.3 Å². The number of hydrogen-bond donors (Lipinski definition) is 0. The summed E-state index contributed by atoms with van der Waals surface area (Å²) < 4.78 is 128. The summed E-state index contributed by atoms with van der Waals surface area (Å²) in [6, 6.07) is 23.8. The van der Waals surface area contributed by atoms with Gasteiger partial charge >= 0.3 is 0 Å². The third-order valence-electron chi connectivity index (χ3n) is 9.88. The van der Waals surface area contributed by atoms with Crippen LogP contribution in [0.4, 0.5) is 0 Å². The molecule has 1 aliphatic rings. The van der Waals surface area contributed by atoms with Crippen LogP contribution in [0.15, 0.2) is 182 Å². The summed E-state index contributed by atoms with van der Waals surface area (Å²) in [5.41, 5.74) is 3.43. The van der Waals surface area contributed by atoms with E-state index in [1.807, 2.05) is 42.5 Å². The Morgan fingerprint density at radius 2 is 0.843 bits per heavy atom. The topological polar surface area (TPSA) is 9.23 Å². The van der Waals surface area contributed by atoms with Gasteiger partial charge in [0.15, 0.2) is 0 Å². The molecule has 1 nitrogen and oxygen atoms in total. The minimum absolute atomic E-state index is 0.0609. The van der Waals surface area contributed by atoms with Gasteiger partial charge in [0.05, 0.1) is 19.2 Å². The fourth-order valence-corrected chi connectivity index (χ4v) is 7.60. The summed E-state index contributed by atoms with van der Waals surface area (Å²) in [6.45, 7) is 0. The van der Waals surface area contributed by atoms with Crippen LogP contribution in [-0.2, 0) is 0 Å². The Balaban J connectivity index is 1.07. The lowest BCUT2D eigenvalue weighted by Gasteiger charge is -2.23. The maximum absolute atomic E-state index is 9.43. The van der Waals surface area contributed by atoms with Gasteiger partial charge in [0.2, 0.25) is 0 Å². The minimum Gasteiger partial charge on any atom is -0.456 e. The second-order valence-electron chi connectivity index (χ2n) is 12.6. The summed E-state index contributed by atoms with van der Waals surface area (Å²) >= 11 is 0. The number of rotatable bonds is 4. The van der Waals surface area contributed by atoms with Crippen LogP contribution in [0.25, 0.3) is 98.7 Å². The zero-order chi connectivity index (χ0) is 45.7. The van der Waals surface area contributed by atoms with E-state index >= 15 is 0 Å². The Labute approximate surface area is 315 Å². The maximum Gasteiger partial charge on any atom is 0.135 e. The molecule has 0 bridgehead atoms. The average molecular weight is 661 g/mol. The molecule has 0 saturated carbocycles. The van der Waals surface area contributed by atoms with Gasteiger partial charge in [0.1, 0.15) is 11.5 Å². The van der Waals surface area contributed by atoms with Crippen LogP contribution in [0, 0.1) is 0 Å². The molecule has 1 heterocycles. The van der Waals surface area contributed by atoms with Crippen LogP contribution in [0.3, 0.4) is 0 Å². The summed E-state index contributed by atoms with van der Waals surface area (Å²) in [7, 11) is 0. The van der Waals surface area contributed by atoms with Crippen molar-refractivity contribution in [3.63, 3.8) is 0 Å². The lowest BCUT2D eigenvalue weighted by Crippen LogP contribution is -1.98. The molecule has 0 fully saturated rings. The van der Waals surface area contributed by atoms with E-state index in [4.69, 9.17) is 18.4 Å². The van der Waals surface area contributed by atoms with Gasteiger partial charge in [-0.1, -0.05) is 163 Å². The first-order chi connectivity index (χ1) is 31.1. The molecule has 0 amide bonds. The molecular formula is C50H30O. The van der Waals surface area contributed by atoms with Gasteiger partial charge in [-0.15, -0.1) is 0 Å². The predicted molar refractivity (Wildman–Crippen MR) is 215 cm³/mol. The van der Waals surface area contributed by atoms with Crippen molar-refractivity contribution in [1.82, 2.24) is 0 Å². The third kappa shape index (κ3) is 4.28. The second kappa shape index (κ2) is 10.9. The van der Waals surface area contributed by atoms with E-state index in [2.05, 4.69) is 0 Å². The Bertz CT molecular complexity index is 3720. The molecule has 0 N–H and O–H groups in total. The van der Waals surface area contributed by atoms with E-state index in [0.717, 1.165) is 21.5 Å². The number of hydrogen-bond acceptors (Lipinski definition) is 1. The molecule has 10 aromatic carbocycles. The van der Waals surface area contributed by atoms with Crippen molar-refractivity contribution >= 4 is 43.1 Å². The molecule has 1 aliphatic heterocycles. The van der Waals surface area contributed by atoms with Crippen molar-refractivity contribution in [3.8, 4) is 67.1 Å². The zero-order valence-corrected chi connectivity index (χ0v) is 26.6. The Morgan fingerprint density at radius 3 is 1.47 bits per heavy atom. The average Bonchev–Trinajstić information content (AvgIpc) is 3.31. The maximum atomic E-state index is 9.43. The minimum atomic E-state index is -0.485. The largest absolute Gasteiger partial charge is 0.456 e. The molecule has 10 aromatic rings. The van der Waals surface area contributed by atoms with Crippen molar-refractivity contribution in [1.29, 1.82) is 0 Å². The van der Waals surface area contributed by atoms with Crippen molar-refractivity contribution in [2.45, 2.75) is 0 Å². The van der Waals surface area contributed by atoms with Crippen LogP contribution in [0.5, 0.6) is 11.5 Å². The highest BCUT2D eigenvalue weighted by Gasteiger charge is 2.22. The second-order valence-corrected chi connectivity index (χ2v) is 12.6. The molecule has 0 spiro atoms. The Morgan fingerprint density at radius 1 is 0.333 bits per heavy atom. The normalized spacial score (nSPS) is 15.9. The predicted octanol–water partition coefficient (Wildman–Crippen LogP) is 14.2. The molecule has 236 valence electrons. The molecule has 0 saturated heterocycles. The first-order valence-electron chi connectivity index (χ1n) is 23.4. The summed E-state index contributed by atoms with van der Waals surface area (Å²) in [5.74, 6) is 0.985. The lowest BCUT2D eigenvalue weighted by atomic mass is 9.87. The van der Waals surface area contributed by atoms with Crippen molar-refractivity contribution < 1.29 is 23.9 Å². The fraction of sp³-hybridized carbons (Fsp3) is 0. The van der Waals surface area contributed by atoms with Gasteiger partial charge < -0.3 is 4.74 Å². The lowest BCUT2D eigenvalue weighted by molar-refractivity contribution is 0.487. The zero-order valence-electron chi connectivity index (χ0n) is 40.6. The summed E-state index contributed by atoms with van der Waals surface area (Å²) in [6.07, 6.45) is 0. The van der Waals surface area contributed by atoms with Gasteiger partial charge in [-0.2, -0.15) is 0 Å². The quantitative estimate of drug-likeness (QED) is 0.171. The molecule has 0 unspecified atom stereocenters. The van der Waals surface area contributed by atoms with E-state index in [0.29, 0.717) is 66.4 Å². The molecule has 0 aromatic heterocycles. The van der Waals surface area contributed by atoms with E-state index in [9.17, 15) is 5.48 Å². The monoisotopic (exact) mass is 660 g/mol. The highest BCUT2D eigenvalue weighted by Crippen LogP contribution is 2.50. The summed E-state index contributed by atoms with van der Waals surface area (Å²) in [5, 5.41) is 5.77. The van der Waals surface area contributed by atoms with Gasteiger partial charge in [-0.25, -0.2) is 0 Å². The van der Waals surface area contributed by atoms with Gasteiger partial charge in [-0.3, -0.25) is 0 Å². The van der Waals surface area contributed by atoms with Gasteiger partial charge in [0.25, 0.3) is 0 Å². The molecule has 0 radical (unpaired) electrons. The molecule has 1 heteroatoms. The number of benzene rings is 10. The van der Waals surface area contributed by atoms with E-state index in [1.54, 1.807) is 54.6 Å². The van der Waals surface area contributed by atoms with Crippen LogP contribution in [0.2, 0.25) is 0 Å².